The van der Waals surface area contributed by atoms with Gasteiger partial charge in [0.2, 0.25) is 0 Å². The molecule has 2 aromatic carbocycles. The minimum Gasteiger partial charge on any atom is -0.497 e. The Hall–Kier alpha value is -2.31. The van der Waals surface area contributed by atoms with E-state index in [1.54, 1.807) is 49.6 Å². The number of anilines is 1. The van der Waals surface area contributed by atoms with Crippen LogP contribution in [0.25, 0.3) is 0 Å². The number of para-hydroxylation sites is 1. The first-order chi connectivity index (χ1) is 9.61. The Bertz CT molecular complexity index is 598. The molecule has 2 rings (SSSR count). The summed E-state index contributed by atoms with van der Waals surface area (Å²) in [6, 6.07) is 13.1. The van der Waals surface area contributed by atoms with Crippen molar-refractivity contribution in [2.75, 3.05) is 12.4 Å². The summed E-state index contributed by atoms with van der Waals surface area (Å²) < 4.78 is 5.02. The molecule has 20 heavy (non-hydrogen) atoms. The number of nitrogens with one attached hydrogen (secondary N) is 1. The van der Waals surface area contributed by atoms with Gasteiger partial charge in [0.05, 0.1) is 7.11 Å². The van der Waals surface area contributed by atoms with Crippen molar-refractivity contribution in [3.05, 3.63) is 54.1 Å². The van der Waals surface area contributed by atoms with Gasteiger partial charge in [0.15, 0.2) is 0 Å². The first-order valence-electron chi connectivity index (χ1n) is 6.02. The fraction of sp³-hybridized carbons (Fsp3) is 0.0714. The van der Waals surface area contributed by atoms with Gasteiger partial charge < -0.3 is 20.1 Å². The highest BCUT2D eigenvalue weighted by atomic mass is 16.5. The van der Waals surface area contributed by atoms with Gasteiger partial charge in [0.1, 0.15) is 5.75 Å². The first-order valence-corrected chi connectivity index (χ1v) is 6.02. The zero-order chi connectivity index (χ0) is 14.5. The monoisotopic (exact) mass is 271 g/mol. The molecule has 3 N–H and O–H groups in total. The minimum absolute atomic E-state index is 0.245. The molecule has 0 aromatic heterocycles. The molecule has 0 heterocycles. The molecular formula is C14H14BNO4. The molecule has 0 spiro atoms. The highest BCUT2D eigenvalue weighted by Gasteiger charge is 2.17. The third-order valence-corrected chi connectivity index (χ3v) is 2.84. The van der Waals surface area contributed by atoms with Gasteiger partial charge >= 0.3 is 7.12 Å². The summed E-state index contributed by atoms with van der Waals surface area (Å²) in [6.07, 6.45) is 0. The number of rotatable bonds is 4. The van der Waals surface area contributed by atoms with Gasteiger partial charge in [0, 0.05) is 16.7 Å². The van der Waals surface area contributed by atoms with Crippen molar-refractivity contribution in [3.63, 3.8) is 0 Å². The van der Waals surface area contributed by atoms with Crippen molar-refractivity contribution in [2.45, 2.75) is 0 Å². The average Bonchev–Trinajstić information content (AvgIpc) is 2.47. The van der Waals surface area contributed by atoms with Gasteiger partial charge in [-0.1, -0.05) is 18.2 Å². The van der Waals surface area contributed by atoms with E-state index in [0.29, 0.717) is 17.0 Å². The van der Waals surface area contributed by atoms with Crippen molar-refractivity contribution < 1.29 is 19.6 Å². The second-order valence-electron chi connectivity index (χ2n) is 4.14. The number of methoxy groups -OCH3 is 1. The normalized spacial score (nSPS) is 9.95. The number of carbonyl (C=O) groups excluding carboxylic acids is 1. The number of carbonyl (C=O) groups is 1. The lowest BCUT2D eigenvalue weighted by Crippen LogP contribution is -2.33. The molecule has 0 aliphatic rings. The van der Waals surface area contributed by atoms with Crippen molar-refractivity contribution in [1.29, 1.82) is 0 Å². The van der Waals surface area contributed by atoms with Crippen LogP contribution in [0.1, 0.15) is 10.4 Å². The van der Waals surface area contributed by atoms with Gasteiger partial charge in [0.25, 0.3) is 5.91 Å². The third kappa shape index (κ3) is 3.17. The summed E-state index contributed by atoms with van der Waals surface area (Å²) >= 11 is 0. The number of amides is 1. The summed E-state index contributed by atoms with van der Waals surface area (Å²) in [6.45, 7) is 0. The fourth-order valence-electron chi connectivity index (χ4n) is 1.77. The van der Waals surface area contributed by atoms with Gasteiger partial charge in [-0.15, -0.1) is 0 Å². The van der Waals surface area contributed by atoms with E-state index in [0.717, 1.165) is 0 Å². The van der Waals surface area contributed by atoms with E-state index in [2.05, 4.69) is 5.32 Å². The molecule has 0 radical (unpaired) electrons. The largest absolute Gasteiger partial charge is 0.497 e. The first kappa shape index (κ1) is 14.1. The zero-order valence-electron chi connectivity index (χ0n) is 10.9. The van der Waals surface area contributed by atoms with E-state index in [9.17, 15) is 14.8 Å². The van der Waals surface area contributed by atoms with E-state index in [1.165, 1.54) is 6.07 Å². The quantitative estimate of drug-likeness (QED) is 0.712. The van der Waals surface area contributed by atoms with E-state index >= 15 is 0 Å². The molecule has 2 aromatic rings. The van der Waals surface area contributed by atoms with Crippen LogP contribution in [0.2, 0.25) is 0 Å². The van der Waals surface area contributed by atoms with E-state index in [-0.39, 0.29) is 11.4 Å². The van der Waals surface area contributed by atoms with Gasteiger partial charge in [-0.2, -0.15) is 0 Å². The summed E-state index contributed by atoms with van der Waals surface area (Å²) in [7, 11) is -0.0871. The molecular weight excluding hydrogens is 257 g/mol. The maximum atomic E-state index is 12.1. The minimum atomic E-state index is -1.64. The highest BCUT2D eigenvalue weighted by molar-refractivity contribution is 6.60. The molecule has 6 heteroatoms. The molecule has 0 aliphatic carbocycles. The molecule has 0 saturated heterocycles. The molecule has 0 bridgehead atoms. The Labute approximate surface area is 117 Å². The van der Waals surface area contributed by atoms with Gasteiger partial charge in [-0.3, -0.25) is 4.79 Å². The molecule has 1 amide bonds. The van der Waals surface area contributed by atoms with Crippen LogP contribution >= 0.6 is 0 Å². The standard InChI is InChI=1S/C14H14BNO4/c1-20-11-8-6-10(7-9-11)14(17)16-13-5-3-2-4-12(13)15(18)19/h2-9,18-19H,1H3,(H,16,17). The van der Waals surface area contributed by atoms with Crippen LogP contribution in [0, 0.1) is 0 Å². The molecule has 5 nitrogen and oxygen atoms in total. The van der Waals surface area contributed by atoms with Crippen LogP contribution < -0.4 is 15.5 Å². The number of hydrogen-bond donors (Lipinski definition) is 3. The second-order valence-corrected chi connectivity index (χ2v) is 4.14. The lowest BCUT2D eigenvalue weighted by molar-refractivity contribution is 0.102. The Balaban J connectivity index is 2.19. The summed E-state index contributed by atoms with van der Waals surface area (Å²) in [5.41, 5.74) is 1.06. The van der Waals surface area contributed by atoms with Crippen LogP contribution in [0.15, 0.2) is 48.5 Å². The van der Waals surface area contributed by atoms with Crippen LogP contribution in [0.5, 0.6) is 5.75 Å². The molecule has 102 valence electrons. The van der Waals surface area contributed by atoms with Crippen LogP contribution in [-0.4, -0.2) is 30.2 Å². The van der Waals surface area contributed by atoms with E-state index < -0.39 is 7.12 Å². The zero-order valence-corrected chi connectivity index (χ0v) is 10.9. The lowest BCUT2D eigenvalue weighted by atomic mass is 9.79. The molecule has 0 fully saturated rings. The van der Waals surface area contributed by atoms with Crippen LogP contribution in [-0.2, 0) is 0 Å². The summed E-state index contributed by atoms with van der Waals surface area (Å²) in [5.74, 6) is 0.327. The van der Waals surface area contributed by atoms with E-state index in [4.69, 9.17) is 4.74 Å². The lowest BCUT2D eigenvalue weighted by Gasteiger charge is -2.10. The van der Waals surface area contributed by atoms with Gasteiger partial charge in [-0.05, 0) is 30.3 Å². The maximum absolute atomic E-state index is 12.1. The Morgan fingerprint density at radius 3 is 2.35 bits per heavy atom. The van der Waals surface area contributed by atoms with Crippen molar-refractivity contribution >= 4 is 24.2 Å². The smallest absolute Gasteiger partial charge is 0.490 e. The number of ether oxygens (including phenoxy) is 1. The Morgan fingerprint density at radius 2 is 1.75 bits per heavy atom. The van der Waals surface area contributed by atoms with Crippen molar-refractivity contribution in [1.82, 2.24) is 0 Å². The van der Waals surface area contributed by atoms with Crippen molar-refractivity contribution in [2.24, 2.45) is 0 Å². The Kier molecular flexibility index (Phi) is 4.39. The highest BCUT2D eigenvalue weighted by Crippen LogP contribution is 2.13. The predicted octanol–water partition coefficient (Wildman–Crippen LogP) is 0.627. The molecule has 0 unspecified atom stereocenters. The van der Waals surface area contributed by atoms with E-state index in [1.807, 2.05) is 0 Å². The molecule has 0 atom stereocenters. The maximum Gasteiger partial charge on any atom is 0.490 e. The van der Waals surface area contributed by atoms with Crippen LogP contribution in [0.4, 0.5) is 5.69 Å². The summed E-state index contributed by atoms with van der Waals surface area (Å²) in [4.78, 5) is 12.1. The van der Waals surface area contributed by atoms with Crippen molar-refractivity contribution in [3.8, 4) is 5.75 Å². The molecule has 0 aliphatic heterocycles. The third-order valence-electron chi connectivity index (χ3n) is 2.84. The number of hydrogen-bond acceptors (Lipinski definition) is 4. The molecule has 0 saturated carbocycles. The average molecular weight is 271 g/mol. The summed E-state index contributed by atoms with van der Waals surface area (Å²) in [5, 5.41) is 21.1. The fourth-order valence-corrected chi connectivity index (χ4v) is 1.77. The van der Waals surface area contributed by atoms with Crippen LogP contribution in [0.3, 0.4) is 0 Å². The predicted molar refractivity (Wildman–Crippen MR) is 77.2 cm³/mol. The second kappa shape index (κ2) is 6.23. The SMILES string of the molecule is COc1ccc(C(=O)Nc2ccccc2B(O)O)cc1. The Morgan fingerprint density at radius 1 is 1.10 bits per heavy atom. The topological polar surface area (TPSA) is 78.8 Å². The van der Waals surface area contributed by atoms with Gasteiger partial charge in [-0.25, -0.2) is 0 Å². The number of benzene rings is 2.